The lowest BCUT2D eigenvalue weighted by atomic mass is 10.1. The minimum absolute atomic E-state index is 0.141. The van der Waals surface area contributed by atoms with Crippen molar-refractivity contribution in [2.75, 3.05) is 13.7 Å². The number of hydrogen-bond acceptors (Lipinski definition) is 5. The number of phenols is 1. The molecule has 2 aromatic rings. The molecular formula is C18H18O5. The van der Waals surface area contributed by atoms with Crippen molar-refractivity contribution in [2.24, 2.45) is 0 Å². The van der Waals surface area contributed by atoms with Crippen LogP contribution in [0.1, 0.15) is 12.5 Å². The maximum atomic E-state index is 12.1. The quantitative estimate of drug-likeness (QED) is 0.503. The molecule has 0 saturated carbocycles. The zero-order valence-corrected chi connectivity index (χ0v) is 13.0. The third-order valence-electron chi connectivity index (χ3n) is 3.05. The third kappa shape index (κ3) is 4.51. The van der Waals surface area contributed by atoms with Crippen molar-refractivity contribution in [3.8, 4) is 17.2 Å². The molecule has 23 heavy (non-hydrogen) atoms. The molecule has 0 heterocycles. The average molecular weight is 314 g/mol. The lowest BCUT2D eigenvalue weighted by molar-refractivity contribution is -0.136. The molecule has 5 heteroatoms. The minimum atomic E-state index is -0.476. The van der Waals surface area contributed by atoms with Crippen LogP contribution in [0.5, 0.6) is 17.2 Å². The van der Waals surface area contributed by atoms with Crippen LogP contribution in [0.2, 0.25) is 0 Å². The first kappa shape index (κ1) is 16.4. The van der Waals surface area contributed by atoms with Crippen LogP contribution in [0, 0.1) is 0 Å². The largest absolute Gasteiger partial charge is 0.508 e. The van der Waals surface area contributed by atoms with Gasteiger partial charge < -0.3 is 19.3 Å². The Hall–Kier alpha value is -2.95. The number of hydrogen-bond donors (Lipinski definition) is 1. The lowest BCUT2D eigenvalue weighted by Crippen LogP contribution is -2.08. The Bertz CT molecular complexity index is 672. The van der Waals surface area contributed by atoms with Gasteiger partial charge in [0.15, 0.2) is 0 Å². The summed E-state index contributed by atoms with van der Waals surface area (Å²) in [5.74, 6) is 0.855. The number of phenolic OH excluding ortho intramolecular Hbond substituents is 1. The lowest BCUT2D eigenvalue weighted by Gasteiger charge is -2.09. The van der Waals surface area contributed by atoms with E-state index in [4.69, 9.17) is 14.2 Å². The summed E-state index contributed by atoms with van der Waals surface area (Å²) in [5, 5.41) is 9.26. The van der Waals surface area contributed by atoms with Gasteiger partial charge in [0.25, 0.3) is 0 Å². The van der Waals surface area contributed by atoms with Crippen molar-refractivity contribution in [2.45, 2.75) is 6.92 Å². The normalized spacial score (nSPS) is 11.0. The van der Waals surface area contributed by atoms with Gasteiger partial charge in [-0.15, -0.1) is 0 Å². The van der Waals surface area contributed by atoms with Crippen molar-refractivity contribution in [1.29, 1.82) is 0 Å². The molecule has 0 radical (unpaired) electrons. The number of ether oxygens (including phenoxy) is 3. The maximum absolute atomic E-state index is 12.1. The first-order valence-corrected chi connectivity index (χ1v) is 7.11. The Balaban J connectivity index is 2.26. The predicted octanol–water partition coefficient (Wildman–Crippen LogP) is 3.38. The fraction of sp³-hybridized carbons (Fsp3) is 0.167. The van der Waals surface area contributed by atoms with E-state index >= 15 is 0 Å². The smallest absolute Gasteiger partial charge is 0.341 e. The van der Waals surface area contributed by atoms with Crippen LogP contribution in [0.3, 0.4) is 0 Å². The van der Waals surface area contributed by atoms with Crippen LogP contribution in [-0.2, 0) is 9.53 Å². The zero-order valence-electron chi connectivity index (χ0n) is 13.0. The molecule has 0 aliphatic heterocycles. The van der Waals surface area contributed by atoms with E-state index in [2.05, 4.69) is 0 Å². The summed E-state index contributed by atoms with van der Waals surface area (Å²) in [6.07, 6.45) is 1.34. The Morgan fingerprint density at radius 3 is 2.22 bits per heavy atom. The molecule has 0 aliphatic carbocycles. The van der Waals surface area contributed by atoms with Crippen LogP contribution in [0.4, 0.5) is 0 Å². The first-order valence-electron chi connectivity index (χ1n) is 7.11. The van der Waals surface area contributed by atoms with Gasteiger partial charge in [-0.05, 0) is 48.9 Å². The molecule has 2 rings (SSSR count). The summed E-state index contributed by atoms with van der Waals surface area (Å²) in [5.41, 5.74) is 0.950. The molecule has 1 N–H and O–H groups in total. The van der Waals surface area contributed by atoms with Gasteiger partial charge in [-0.25, -0.2) is 4.79 Å². The Kier molecular flexibility index (Phi) is 5.63. The topological polar surface area (TPSA) is 65.0 Å². The van der Waals surface area contributed by atoms with E-state index in [0.717, 1.165) is 0 Å². The first-order chi connectivity index (χ1) is 11.1. The predicted molar refractivity (Wildman–Crippen MR) is 86.3 cm³/mol. The highest BCUT2D eigenvalue weighted by atomic mass is 16.5. The second-order valence-electron chi connectivity index (χ2n) is 4.59. The van der Waals surface area contributed by atoms with Crippen molar-refractivity contribution in [3.05, 3.63) is 60.4 Å². The summed E-state index contributed by atoms with van der Waals surface area (Å²) in [6, 6.07) is 13.2. The second-order valence-corrected chi connectivity index (χ2v) is 4.59. The van der Waals surface area contributed by atoms with Crippen molar-refractivity contribution in [1.82, 2.24) is 0 Å². The average Bonchev–Trinajstić information content (AvgIpc) is 2.57. The fourth-order valence-electron chi connectivity index (χ4n) is 1.87. The molecule has 0 aliphatic rings. The Labute approximate surface area is 134 Å². The van der Waals surface area contributed by atoms with E-state index in [0.29, 0.717) is 22.6 Å². The molecule has 0 unspecified atom stereocenters. The SMILES string of the molecule is CCOC(=O)C(=COc1ccc(O)cc1)c1ccc(OC)cc1. The van der Waals surface area contributed by atoms with Gasteiger partial charge in [0.2, 0.25) is 0 Å². The second kappa shape index (κ2) is 7.89. The van der Waals surface area contributed by atoms with Gasteiger partial charge in [-0.1, -0.05) is 12.1 Å². The number of rotatable bonds is 6. The third-order valence-corrected chi connectivity index (χ3v) is 3.05. The van der Waals surface area contributed by atoms with E-state index in [1.54, 1.807) is 50.4 Å². The number of carbonyl (C=O) groups excluding carboxylic acids is 1. The minimum Gasteiger partial charge on any atom is -0.508 e. The van der Waals surface area contributed by atoms with E-state index in [-0.39, 0.29) is 12.4 Å². The highest BCUT2D eigenvalue weighted by Gasteiger charge is 2.14. The highest BCUT2D eigenvalue weighted by Crippen LogP contribution is 2.22. The van der Waals surface area contributed by atoms with Crippen LogP contribution in [0.15, 0.2) is 54.8 Å². The molecule has 0 amide bonds. The molecule has 0 atom stereocenters. The number of carbonyl (C=O) groups is 1. The molecule has 2 aromatic carbocycles. The Morgan fingerprint density at radius 2 is 1.65 bits per heavy atom. The molecule has 0 bridgehead atoms. The fourth-order valence-corrected chi connectivity index (χ4v) is 1.87. The highest BCUT2D eigenvalue weighted by molar-refractivity contribution is 6.16. The van der Waals surface area contributed by atoms with Gasteiger partial charge in [0.05, 0.1) is 13.7 Å². The maximum Gasteiger partial charge on any atom is 0.341 e. The van der Waals surface area contributed by atoms with Crippen LogP contribution in [-0.4, -0.2) is 24.8 Å². The van der Waals surface area contributed by atoms with Gasteiger partial charge in [-0.2, -0.15) is 0 Å². The summed E-state index contributed by atoms with van der Waals surface area (Å²) in [7, 11) is 1.57. The van der Waals surface area contributed by atoms with Gasteiger partial charge >= 0.3 is 5.97 Å². The zero-order chi connectivity index (χ0) is 16.7. The standard InChI is InChI=1S/C18H18O5/c1-3-22-18(20)17(13-4-8-15(21-2)9-5-13)12-23-16-10-6-14(19)7-11-16/h4-12,19H,3H2,1-2H3. The summed E-state index contributed by atoms with van der Waals surface area (Å²) in [4.78, 5) is 12.1. The molecule has 120 valence electrons. The van der Waals surface area contributed by atoms with E-state index in [1.807, 2.05) is 0 Å². The molecule has 0 spiro atoms. The summed E-state index contributed by atoms with van der Waals surface area (Å²) >= 11 is 0. The molecule has 5 nitrogen and oxygen atoms in total. The van der Waals surface area contributed by atoms with Crippen LogP contribution in [0.25, 0.3) is 5.57 Å². The molecule has 0 saturated heterocycles. The molecule has 0 fully saturated rings. The van der Waals surface area contributed by atoms with Gasteiger partial charge in [-0.3, -0.25) is 0 Å². The number of methoxy groups -OCH3 is 1. The van der Waals surface area contributed by atoms with E-state index < -0.39 is 5.97 Å². The van der Waals surface area contributed by atoms with Gasteiger partial charge in [0, 0.05) is 0 Å². The number of aromatic hydroxyl groups is 1. The monoisotopic (exact) mass is 314 g/mol. The van der Waals surface area contributed by atoms with Crippen LogP contribution >= 0.6 is 0 Å². The number of benzene rings is 2. The number of esters is 1. The molecular weight excluding hydrogens is 296 g/mol. The van der Waals surface area contributed by atoms with E-state index in [9.17, 15) is 9.90 Å². The van der Waals surface area contributed by atoms with Crippen LogP contribution < -0.4 is 9.47 Å². The van der Waals surface area contributed by atoms with E-state index in [1.165, 1.54) is 18.4 Å². The summed E-state index contributed by atoms with van der Waals surface area (Å²) < 4.78 is 15.7. The summed E-state index contributed by atoms with van der Waals surface area (Å²) in [6.45, 7) is 2.01. The Morgan fingerprint density at radius 1 is 1.04 bits per heavy atom. The van der Waals surface area contributed by atoms with Crippen molar-refractivity contribution < 1.29 is 24.1 Å². The van der Waals surface area contributed by atoms with Gasteiger partial charge in [0.1, 0.15) is 29.1 Å². The molecule has 0 aromatic heterocycles. The van der Waals surface area contributed by atoms with Crippen molar-refractivity contribution >= 4 is 11.5 Å². The van der Waals surface area contributed by atoms with Crippen molar-refractivity contribution in [3.63, 3.8) is 0 Å².